The van der Waals surface area contributed by atoms with E-state index < -0.39 is 0 Å². The molecule has 1 unspecified atom stereocenters. The Hall–Kier alpha value is -0.480. The van der Waals surface area contributed by atoms with Crippen molar-refractivity contribution >= 4 is 34.7 Å². The van der Waals surface area contributed by atoms with Gasteiger partial charge in [-0.25, -0.2) is 0 Å². The number of halogens is 1. The Morgan fingerprint density at radius 2 is 2.00 bits per heavy atom. The molecule has 0 saturated carbocycles. The molecule has 0 aliphatic heterocycles. The molecular weight excluding hydrogens is 270 g/mol. The number of benzene rings is 1. The van der Waals surface area contributed by atoms with Crippen molar-refractivity contribution in [2.45, 2.75) is 17.4 Å². The van der Waals surface area contributed by atoms with Crippen molar-refractivity contribution in [1.29, 1.82) is 0 Å². The van der Waals surface area contributed by atoms with Gasteiger partial charge in [0.1, 0.15) is 0 Å². The predicted octanol–water partition coefficient (Wildman–Crippen LogP) is 4.06. The average Bonchev–Trinajstić information content (AvgIpc) is 2.81. The topological polar surface area (TPSA) is 26.0 Å². The Kier molecular flexibility index (Phi) is 4.92. The zero-order valence-electron chi connectivity index (χ0n) is 9.30. The quantitative estimate of drug-likeness (QED) is 0.838. The van der Waals surface area contributed by atoms with Crippen molar-refractivity contribution in [3.63, 3.8) is 0 Å². The normalized spacial score (nSPS) is 12.6. The van der Waals surface area contributed by atoms with Crippen LogP contribution in [-0.4, -0.2) is 11.8 Å². The fourth-order valence-corrected chi connectivity index (χ4v) is 3.16. The van der Waals surface area contributed by atoms with E-state index in [0.29, 0.717) is 0 Å². The first-order valence-electron chi connectivity index (χ1n) is 5.39. The Morgan fingerprint density at radius 3 is 2.65 bits per heavy atom. The Bertz CT molecular complexity index is 439. The molecule has 0 aliphatic carbocycles. The second kappa shape index (κ2) is 6.45. The van der Waals surface area contributed by atoms with Crippen LogP contribution in [-0.2, 0) is 6.42 Å². The van der Waals surface area contributed by atoms with Gasteiger partial charge < -0.3 is 5.73 Å². The van der Waals surface area contributed by atoms with Crippen LogP contribution in [0, 0.1) is 0 Å². The van der Waals surface area contributed by atoms with Crippen molar-refractivity contribution in [2.75, 3.05) is 5.75 Å². The van der Waals surface area contributed by atoms with Gasteiger partial charge in [0.15, 0.2) is 0 Å². The van der Waals surface area contributed by atoms with Crippen LogP contribution in [0.2, 0.25) is 5.02 Å². The van der Waals surface area contributed by atoms with Gasteiger partial charge in [-0.2, -0.15) is 11.3 Å². The molecule has 0 saturated heterocycles. The monoisotopic (exact) mass is 283 g/mol. The van der Waals surface area contributed by atoms with Crippen molar-refractivity contribution in [3.05, 3.63) is 51.7 Å². The first kappa shape index (κ1) is 13.0. The summed E-state index contributed by atoms with van der Waals surface area (Å²) < 4.78 is 0. The molecule has 2 rings (SSSR count). The summed E-state index contributed by atoms with van der Waals surface area (Å²) in [6.07, 6.45) is 0.949. The summed E-state index contributed by atoms with van der Waals surface area (Å²) in [5.74, 6) is 0.928. The molecule has 90 valence electrons. The minimum atomic E-state index is 0.199. The molecule has 0 amide bonds. The molecule has 0 aliphatic rings. The summed E-state index contributed by atoms with van der Waals surface area (Å²) >= 11 is 9.34. The number of thiophene rings is 1. The maximum atomic E-state index is 6.10. The van der Waals surface area contributed by atoms with E-state index >= 15 is 0 Å². The molecule has 2 aromatic rings. The van der Waals surface area contributed by atoms with Crippen LogP contribution in [0.5, 0.6) is 0 Å². The maximum absolute atomic E-state index is 6.10. The van der Waals surface area contributed by atoms with E-state index in [1.165, 1.54) is 10.5 Å². The van der Waals surface area contributed by atoms with Crippen LogP contribution in [0.3, 0.4) is 0 Å². The fourth-order valence-electron chi connectivity index (χ4n) is 1.50. The Labute approximate surface area is 115 Å². The highest BCUT2D eigenvalue weighted by molar-refractivity contribution is 7.99. The van der Waals surface area contributed by atoms with Gasteiger partial charge in [0.05, 0.1) is 0 Å². The van der Waals surface area contributed by atoms with Gasteiger partial charge in [-0.3, -0.25) is 0 Å². The largest absolute Gasteiger partial charge is 0.327 e. The fraction of sp³-hybridized carbons (Fsp3) is 0.231. The molecule has 0 spiro atoms. The van der Waals surface area contributed by atoms with E-state index in [2.05, 4.69) is 16.8 Å². The molecule has 2 N–H and O–H groups in total. The third kappa shape index (κ3) is 4.36. The number of hydrogen-bond donors (Lipinski definition) is 1. The third-order valence-corrected chi connectivity index (χ3v) is 4.54. The van der Waals surface area contributed by atoms with Gasteiger partial charge >= 0.3 is 0 Å². The summed E-state index contributed by atoms with van der Waals surface area (Å²) in [5, 5.41) is 5.03. The van der Waals surface area contributed by atoms with Crippen molar-refractivity contribution in [1.82, 2.24) is 0 Å². The summed E-state index contributed by atoms with van der Waals surface area (Å²) in [7, 11) is 0. The number of rotatable bonds is 5. The highest BCUT2D eigenvalue weighted by Gasteiger charge is 2.05. The standard InChI is InChI=1S/C13H14ClNS2/c14-11-1-3-13(4-2-11)17-9-12(15)7-10-5-6-16-8-10/h1-6,8,12H,7,9,15H2. The maximum Gasteiger partial charge on any atom is 0.0406 e. The molecule has 4 heteroatoms. The molecular formula is C13H14ClNS2. The first-order valence-corrected chi connectivity index (χ1v) is 7.69. The number of nitrogens with two attached hydrogens (primary N) is 1. The van der Waals surface area contributed by atoms with Gasteiger partial charge in [-0.05, 0) is 53.1 Å². The third-order valence-electron chi connectivity index (χ3n) is 2.36. The zero-order valence-corrected chi connectivity index (χ0v) is 11.7. The number of thioether (sulfide) groups is 1. The lowest BCUT2D eigenvalue weighted by atomic mass is 10.1. The van der Waals surface area contributed by atoms with Crippen LogP contribution in [0.25, 0.3) is 0 Å². The van der Waals surface area contributed by atoms with E-state index in [4.69, 9.17) is 17.3 Å². The van der Waals surface area contributed by atoms with Crippen LogP contribution < -0.4 is 5.73 Å². The zero-order chi connectivity index (χ0) is 12.1. The lowest BCUT2D eigenvalue weighted by Crippen LogP contribution is -2.25. The minimum Gasteiger partial charge on any atom is -0.327 e. The van der Waals surface area contributed by atoms with Gasteiger partial charge in [-0.1, -0.05) is 11.6 Å². The van der Waals surface area contributed by atoms with E-state index in [1.54, 1.807) is 23.1 Å². The second-order valence-corrected chi connectivity index (χ2v) is 6.17. The van der Waals surface area contributed by atoms with E-state index in [1.807, 2.05) is 24.3 Å². The highest BCUT2D eigenvalue weighted by Crippen LogP contribution is 2.21. The molecule has 1 aromatic heterocycles. The van der Waals surface area contributed by atoms with Crippen molar-refractivity contribution < 1.29 is 0 Å². The highest BCUT2D eigenvalue weighted by atomic mass is 35.5. The Balaban J connectivity index is 1.79. The minimum absolute atomic E-state index is 0.199. The van der Waals surface area contributed by atoms with Gasteiger partial charge in [-0.15, -0.1) is 11.8 Å². The van der Waals surface area contributed by atoms with E-state index in [0.717, 1.165) is 17.2 Å². The Morgan fingerprint density at radius 1 is 1.24 bits per heavy atom. The lowest BCUT2D eigenvalue weighted by Gasteiger charge is -2.10. The molecule has 0 bridgehead atoms. The molecule has 1 nitrogen and oxygen atoms in total. The molecule has 17 heavy (non-hydrogen) atoms. The molecule has 0 radical (unpaired) electrons. The van der Waals surface area contributed by atoms with Crippen LogP contribution in [0.4, 0.5) is 0 Å². The SMILES string of the molecule is NC(CSc1ccc(Cl)cc1)Cc1ccsc1. The van der Waals surface area contributed by atoms with E-state index in [9.17, 15) is 0 Å². The smallest absolute Gasteiger partial charge is 0.0406 e. The lowest BCUT2D eigenvalue weighted by molar-refractivity contribution is 0.750. The summed E-state index contributed by atoms with van der Waals surface area (Å²) in [5.41, 5.74) is 7.43. The van der Waals surface area contributed by atoms with Crippen LogP contribution in [0.1, 0.15) is 5.56 Å². The van der Waals surface area contributed by atoms with Gasteiger partial charge in [0.2, 0.25) is 0 Å². The molecule has 1 aromatic carbocycles. The van der Waals surface area contributed by atoms with Crippen molar-refractivity contribution in [3.8, 4) is 0 Å². The van der Waals surface area contributed by atoms with Crippen LogP contribution >= 0.6 is 34.7 Å². The van der Waals surface area contributed by atoms with Crippen molar-refractivity contribution in [2.24, 2.45) is 5.73 Å². The van der Waals surface area contributed by atoms with E-state index in [-0.39, 0.29) is 6.04 Å². The number of hydrogen-bond acceptors (Lipinski definition) is 3. The second-order valence-electron chi connectivity index (χ2n) is 3.86. The van der Waals surface area contributed by atoms with Gasteiger partial charge in [0.25, 0.3) is 0 Å². The molecule has 1 heterocycles. The summed E-state index contributed by atoms with van der Waals surface area (Å²) in [4.78, 5) is 1.22. The molecule has 1 atom stereocenters. The van der Waals surface area contributed by atoms with Gasteiger partial charge in [0, 0.05) is 21.7 Å². The predicted molar refractivity (Wildman–Crippen MR) is 78.2 cm³/mol. The average molecular weight is 284 g/mol. The summed E-state index contributed by atoms with van der Waals surface area (Å²) in [6, 6.07) is 10.2. The first-order chi connectivity index (χ1) is 8.24. The summed E-state index contributed by atoms with van der Waals surface area (Å²) in [6.45, 7) is 0. The molecule has 0 fully saturated rings. The van der Waals surface area contributed by atoms with Crippen LogP contribution in [0.15, 0.2) is 46.0 Å².